The lowest BCUT2D eigenvalue weighted by Gasteiger charge is -2.37. The van der Waals surface area contributed by atoms with Crippen LogP contribution in [0.15, 0.2) is 12.2 Å². The van der Waals surface area contributed by atoms with Crippen LogP contribution in [0.4, 0.5) is 0 Å². The van der Waals surface area contributed by atoms with Gasteiger partial charge in [-0.15, -0.1) is 0 Å². The molecule has 6 nitrogen and oxygen atoms in total. The fraction of sp³-hybridized carbons (Fsp3) is 0.769. The molecule has 0 bridgehead atoms. The van der Waals surface area contributed by atoms with Crippen LogP contribution < -0.4 is 5.73 Å². The van der Waals surface area contributed by atoms with Crippen molar-refractivity contribution in [2.45, 2.75) is 33.1 Å². The van der Waals surface area contributed by atoms with Crippen LogP contribution >= 0.6 is 0 Å². The van der Waals surface area contributed by atoms with E-state index in [1.807, 2.05) is 0 Å². The Morgan fingerprint density at radius 1 is 1.20 bits per heavy atom. The zero-order valence-corrected chi connectivity index (χ0v) is 13.2. The molecule has 118 valence electrons. The molecule has 1 amide bonds. The molecule has 0 aromatic heterocycles. The summed E-state index contributed by atoms with van der Waals surface area (Å²) in [6.07, 6.45) is 5.44. The highest BCUT2D eigenvalue weighted by Crippen LogP contribution is 2.12. The van der Waals surface area contributed by atoms with Crippen LogP contribution in [-0.2, 0) is 14.9 Å². The number of hydrogen-bond donors (Lipinski definition) is 2. The summed E-state index contributed by atoms with van der Waals surface area (Å²) in [5.41, 5.74) is 5.08. The van der Waals surface area contributed by atoms with Gasteiger partial charge < -0.3 is 10.2 Å². The Balaban J connectivity index is 4.76. The Kier molecular flexibility index (Phi) is 8.68. The van der Waals surface area contributed by atoms with Gasteiger partial charge in [0.05, 0.1) is 31.9 Å². The maximum Gasteiger partial charge on any atom is 0.265 e. The number of primary amides is 1. The molecule has 0 aliphatic carbocycles. The van der Waals surface area contributed by atoms with Gasteiger partial charge in [0.25, 0.3) is 10.1 Å². The van der Waals surface area contributed by atoms with E-state index in [1.165, 1.54) is 6.08 Å². The van der Waals surface area contributed by atoms with E-state index < -0.39 is 16.0 Å². The third kappa shape index (κ3) is 9.06. The van der Waals surface area contributed by atoms with Gasteiger partial charge in [0.2, 0.25) is 5.91 Å². The minimum atomic E-state index is -3.91. The smallest absolute Gasteiger partial charge is 0.265 e. The summed E-state index contributed by atoms with van der Waals surface area (Å²) in [5.74, 6) is -0.700. The van der Waals surface area contributed by atoms with Gasteiger partial charge in [0.1, 0.15) is 0 Å². The third-order valence-corrected chi connectivity index (χ3v) is 4.01. The van der Waals surface area contributed by atoms with Crippen molar-refractivity contribution in [1.29, 1.82) is 0 Å². The second kappa shape index (κ2) is 9.10. The fourth-order valence-electron chi connectivity index (χ4n) is 2.53. The lowest BCUT2D eigenvalue weighted by Crippen LogP contribution is -2.50. The zero-order valence-electron chi connectivity index (χ0n) is 12.4. The number of hydrogen-bond acceptors (Lipinski definition) is 3. The Morgan fingerprint density at radius 2 is 1.75 bits per heavy atom. The minimum Gasteiger partial charge on any atom is -0.366 e. The van der Waals surface area contributed by atoms with Crippen molar-refractivity contribution in [3.05, 3.63) is 12.2 Å². The molecule has 0 aliphatic heterocycles. The number of nitrogens with two attached hydrogens (primary N) is 1. The van der Waals surface area contributed by atoms with Gasteiger partial charge in [-0.05, 0) is 18.9 Å². The quantitative estimate of drug-likeness (QED) is 0.337. The molecule has 20 heavy (non-hydrogen) atoms. The van der Waals surface area contributed by atoms with Gasteiger partial charge in [-0.1, -0.05) is 13.8 Å². The van der Waals surface area contributed by atoms with Gasteiger partial charge in [0.15, 0.2) is 0 Å². The molecule has 0 aromatic rings. The van der Waals surface area contributed by atoms with Crippen LogP contribution in [0.2, 0.25) is 0 Å². The second-order valence-electron chi connectivity index (χ2n) is 5.14. The van der Waals surface area contributed by atoms with Crippen molar-refractivity contribution in [3.63, 3.8) is 0 Å². The van der Waals surface area contributed by atoms with E-state index in [2.05, 4.69) is 13.8 Å². The first-order valence-electron chi connectivity index (χ1n) is 7.01. The Hall–Kier alpha value is -0.920. The number of nitrogens with zero attached hydrogens (tertiary/aromatic N) is 1. The molecule has 0 unspecified atom stereocenters. The van der Waals surface area contributed by atoms with Crippen molar-refractivity contribution in [2.24, 2.45) is 5.73 Å². The van der Waals surface area contributed by atoms with Gasteiger partial charge >= 0.3 is 0 Å². The molecule has 0 rings (SSSR count). The van der Waals surface area contributed by atoms with Crippen molar-refractivity contribution < 1.29 is 22.2 Å². The molecule has 0 saturated heterocycles. The standard InChI is InChI=1S/C13H26N2O4S/c1-3-8-15(9-4-2,10-5-7-13(14)16)11-6-12-20(17,18)19/h5,7H,3-4,6,8-12H2,1-2H3,(H2-,14,16,17,18,19)/p+1. The summed E-state index contributed by atoms with van der Waals surface area (Å²) in [4.78, 5) is 10.8. The summed E-state index contributed by atoms with van der Waals surface area (Å²) >= 11 is 0. The largest absolute Gasteiger partial charge is 0.366 e. The lowest BCUT2D eigenvalue weighted by molar-refractivity contribution is -0.922. The first kappa shape index (κ1) is 19.1. The Morgan fingerprint density at radius 3 is 2.15 bits per heavy atom. The first-order chi connectivity index (χ1) is 9.24. The molecular weight excluding hydrogens is 280 g/mol. The van der Waals surface area contributed by atoms with Crippen LogP contribution in [-0.4, -0.2) is 55.3 Å². The van der Waals surface area contributed by atoms with Gasteiger partial charge in [-0.2, -0.15) is 8.42 Å². The monoisotopic (exact) mass is 307 g/mol. The van der Waals surface area contributed by atoms with E-state index in [0.29, 0.717) is 24.0 Å². The third-order valence-electron chi connectivity index (χ3n) is 3.21. The van der Waals surface area contributed by atoms with Crippen LogP contribution in [0.25, 0.3) is 0 Å². The minimum absolute atomic E-state index is 0.222. The normalized spacial score (nSPS) is 12.9. The molecule has 0 heterocycles. The Labute approximate surface area is 122 Å². The van der Waals surface area contributed by atoms with E-state index >= 15 is 0 Å². The summed E-state index contributed by atoms with van der Waals surface area (Å²) in [6.45, 7) is 7.26. The predicted octanol–water partition coefficient (Wildman–Crippen LogP) is 0.943. The van der Waals surface area contributed by atoms with Crippen molar-refractivity contribution >= 4 is 16.0 Å². The van der Waals surface area contributed by atoms with Crippen LogP contribution in [0, 0.1) is 0 Å². The highest BCUT2D eigenvalue weighted by atomic mass is 32.2. The predicted molar refractivity (Wildman–Crippen MR) is 79.7 cm³/mol. The number of rotatable bonds is 11. The summed E-state index contributed by atoms with van der Waals surface area (Å²) in [7, 11) is -3.91. The second-order valence-corrected chi connectivity index (χ2v) is 6.71. The van der Waals surface area contributed by atoms with Gasteiger partial charge in [-0.3, -0.25) is 9.35 Å². The summed E-state index contributed by atoms with van der Waals surface area (Å²) in [6, 6.07) is 0. The molecular formula is C13H27N2O4S+. The van der Waals surface area contributed by atoms with Crippen LogP contribution in [0.5, 0.6) is 0 Å². The maximum atomic E-state index is 10.8. The van der Waals surface area contributed by atoms with E-state index in [9.17, 15) is 13.2 Å². The highest BCUT2D eigenvalue weighted by Gasteiger charge is 2.24. The van der Waals surface area contributed by atoms with E-state index in [1.54, 1.807) is 6.08 Å². The molecule has 7 heteroatoms. The molecule has 0 spiro atoms. The van der Waals surface area contributed by atoms with E-state index in [4.69, 9.17) is 10.3 Å². The van der Waals surface area contributed by atoms with Crippen LogP contribution in [0.3, 0.4) is 0 Å². The zero-order chi connectivity index (χ0) is 15.6. The molecule has 0 fully saturated rings. The topological polar surface area (TPSA) is 97.5 Å². The maximum absolute atomic E-state index is 10.8. The molecule has 0 atom stereocenters. The molecule has 0 aliphatic rings. The average Bonchev–Trinajstić information content (AvgIpc) is 2.27. The van der Waals surface area contributed by atoms with Crippen molar-refractivity contribution in [3.8, 4) is 0 Å². The first-order valence-corrected chi connectivity index (χ1v) is 8.62. The fourth-order valence-corrected chi connectivity index (χ4v) is 3.03. The summed E-state index contributed by atoms with van der Waals surface area (Å²) < 4.78 is 31.1. The summed E-state index contributed by atoms with van der Waals surface area (Å²) in [5, 5.41) is 0. The number of amides is 1. The average molecular weight is 307 g/mol. The number of carbonyl (C=O) groups is 1. The molecule has 0 saturated carbocycles. The van der Waals surface area contributed by atoms with Gasteiger partial charge in [0, 0.05) is 12.5 Å². The lowest BCUT2D eigenvalue weighted by atomic mass is 10.2. The van der Waals surface area contributed by atoms with E-state index in [-0.39, 0.29) is 5.75 Å². The highest BCUT2D eigenvalue weighted by molar-refractivity contribution is 7.85. The van der Waals surface area contributed by atoms with Crippen molar-refractivity contribution in [1.82, 2.24) is 0 Å². The SMILES string of the molecule is CCC[N+](CC=CC(N)=O)(CCC)CCCS(=O)(=O)O. The van der Waals surface area contributed by atoms with Crippen LogP contribution in [0.1, 0.15) is 33.1 Å². The Bertz CT molecular complexity index is 412. The van der Waals surface area contributed by atoms with Crippen molar-refractivity contribution in [2.75, 3.05) is 31.9 Å². The van der Waals surface area contributed by atoms with E-state index in [0.717, 1.165) is 25.9 Å². The van der Waals surface area contributed by atoms with Gasteiger partial charge in [-0.25, -0.2) is 0 Å². The molecule has 0 aromatic carbocycles. The molecule has 0 radical (unpaired) electrons. The number of quaternary nitrogens is 1. The number of carbonyl (C=O) groups excluding carboxylic acids is 1. The molecule has 3 N–H and O–H groups in total.